The molecule has 0 saturated carbocycles. The molecule has 3 aromatic rings. The van der Waals surface area contributed by atoms with Gasteiger partial charge in [-0.1, -0.05) is 30.3 Å². The zero-order valence-corrected chi connectivity index (χ0v) is 17.9. The molecule has 0 spiro atoms. The van der Waals surface area contributed by atoms with E-state index in [4.69, 9.17) is 5.11 Å². The van der Waals surface area contributed by atoms with Crippen molar-refractivity contribution in [2.75, 3.05) is 6.61 Å². The monoisotopic (exact) mass is 452 g/mol. The smallest absolute Gasteiger partial charge is 0.255 e. The van der Waals surface area contributed by atoms with Crippen LogP contribution < -0.4 is 10.6 Å². The van der Waals surface area contributed by atoms with Gasteiger partial charge in [-0.05, 0) is 30.2 Å². The zero-order chi connectivity index (χ0) is 23.5. The molecule has 0 bridgehead atoms. The van der Waals surface area contributed by atoms with Crippen molar-refractivity contribution in [1.29, 1.82) is 0 Å². The predicted molar refractivity (Wildman–Crippen MR) is 116 cm³/mol. The molecule has 2 aromatic carbocycles. The number of nitrogens with zero attached hydrogens (tertiary/aromatic N) is 2. The van der Waals surface area contributed by atoms with Crippen molar-refractivity contribution in [2.24, 2.45) is 0 Å². The Balaban J connectivity index is 1.61. The summed E-state index contributed by atoms with van der Waals surface area (Å²) >= 11 is 0. The summed E-state index contributed by atoms with van der Waals surface area (Å²) in [7, 11) is 0. The lowest BCUT2D eigenvalue weighted by molar-refractivity contribution is -0.121. The van der Waals surface area contributed by atoms with E-state index in [1.165, 1.54) is 6.07 Å². The first kappa shape index (κ1) is 22.5. The third-order valence-electron chi connectivity index (χ3n) is 5.33. The highest BCUT2D eigenvalue weighted by Gasteiger charge is 2.28. The van der Waals surface area contributed by atoms with Crippen LogP contribution in [0.4, 0.5) is 8.78 Å². The molecule has 33 heavy (non-hydrogen) atoms. The Labute approximate surface area is 188 Å². The van der Waals surface area contributed by atoms with E-state index in [1.807, 2.05) is 12.1 Å². The van der Waals surface area contributed by atoms with E-state index in [1.54, 1.807) is 19.1 Å². The van der Waals surface area contributed by atoms with Crippen LogP contribution in [0.2, 0.25) is 0 Å². The largest absolute Gasteiger partial charge is 0.394 e. The molecule has 1 atom stereocenters. The van der Waals surface area contributed by atoms with E-state index >= 15 is 0 Å². The average molecular weight is 452 g/mol. The Hall–Kier alpha value is -3.72. The molecule has 1 aromatic heterocycles. The van der Waals surface area contributed by atoms with Gasteiger partial charge in [-0.15, -0.1) is 0 Å². The molecule has 3 N–H and O–H groups in total. The summed E-state index contributed by atoms with van der Waals surface area (Å²) in [6.45, 7) is 1.73. The van der Waals surface area contributed by atoms with Gasteiger partial charge in [-0.25, -0.2) is 18.7 Å². The number of amides is 2. The number of fused-ring (bicyclic) bond motifs is 1. The third-order valence-corrected chi connectivity index (χ3v) is 5.33. The summed E-state index contributed by atoms with van der Waals surface area (Å²) in [6.07, 6.45) is 0.405. The predicted octanol–water partition coefficient (Wildman–Crippen LogP) is 2.30. The first-order chi connectivity index (χ1) is 15.9. The zero-order valence-electron chi connectivity index (χ0n) is 17.9. The molecular formula is C24H22F2N4O3. The van der Waals surface area contributed by atoms with Crippen LogP contribution in [0.5, 0.6) is 0 Å². The van der Waals surface area contributed by atoms with E-state index < -0.39 is 11.6 Å². The minimum absolute atomic E-state index is 0.109. The first-order valence-electron chi connectivity index (χ1n) is 10.5. The van der Waals surface area contributed by atoms with Gasteiger partial charge < -0.3 is 15.7 Å². The quantitative estimate of drug-likeness (QED) is 0.510. The summed E-state index contributed by atoms with van der Waals surface area (Å²) in [6, 6.07) is 10.4. The number of hydrogen-bond donors (Lipinski definition) is 3. The summed E-state index contributed by atoms with van der Waals surface area (Å²) in [4.78, 5) is 32.9. The second kappa shape index (κ2) is 9.41. The standard InChI is InChI=1S/C24H22F2N4O3/c1-13(12-31)28-20(32)10-15-7-5-14(6-8-15)9-18-22-19(11-27-24(22)33)30-23(29-18)21-16(25)3-2-4-17(21)26/h2-8,13,31H,9-12H2,1H3,(H,27,33)(H,28,32)/t13-/m1/s1. The van der Waals surface area contributed by atoms with Crippen LogP contribution >= 0.6 is 0 Å². The van der Waals surface area contributed by atoms with Crippen molar-refractivity contribution < 1.29 is 23.5 Å². The van der Waals surface area contributed by atoms with Gasteiger partial charge in [0.15, 0.2) is 5.82 Å². The molecule has 4 rings (SSSR count). The Kier molecular flexibility index (Phi) is 6.41. The van der Waals surface area contributed by atoms with Crippen LogP contribution in [0, 0.1) is 11.6 Å². The van der Waals surface area contributed by atoms with Crippen molar-refractivity contribution >= 4 is 11.8 Å². The number of halogens is 2. The molecular weight excluding hydrogens is 430 g/mol. The van der Waals surface area contributed by atoms with Crippen LogP contribution in [0.15, 0.2) is 42.5 Å². The molecule has 2 amide bonds. The highest BCUT2D eigenvalue weighted by molar-refractivity contribution is 5.99. The highest BCUT2D eigenvalue weighted by atomic mass is 19.1. The van der Waals surface area contributed by atoms with Gasteiger partial charge in [-0.2, -0.15) is 0 Å². The number of aliphatic hydroxyl groups excluding tert-OH is 1. The van der Waals surface area contributed by atoms with Gasteiger partial charge in [0, 0.05) is 12.5 Å². The molecule has 0 saturated heterocycles. The van der Waals surface area contributed by atoms with E-state index in [-0.39, 0.29) is 55.2 Å². The molecule has 7 nitrogen and oxygen atoms in total. The summed E-state index contributed by atoms with van der Waals surface area (Å²) in [5.74, 6) is -2.20. The maximum absolute atomic E-state index is 14.3. The topological polar surface area (TPSA) is 104 Å². The van der Waals surface area contributed by atoms with E-state index in [0.717, 1.165) is 23.3 Å². The van der Waals surface area contributed by atoms with Gasteiger partial charge >= 0.3 is 0 Å². The number of carbonyl (C=O) groups is 2. The normalized spacial score (nSPS) is 13.4. The summed E-state index contributed by atoms with van der Waals surface area (Å²) in [5.41, 5.74) is 2.34. The van der Waals surface area contributed by atoms with Crippen molar-refractivity contribution in [3.63, 3.8) is 0 Å². The van der Waals surface area contributed by atoms with Crippen LogP contribution in [-0.2, 0) is 24.2 Å². The van der Waals surface area contributed by atoms with Crippen LogP contribution in [-0.4, -0.2) is 39.5 Å². The van der Waals surface area contributed by atoms with E-state index in [0.29, 0.717) is 17.0 Å². The number of rotatable bonds is 7. The number of hydrogen-bond acceptors (Lipinski definition) is 5. The fourth-order valence-corrected chi connectivity index (χ4v) is 3.68. The Morgan fingerprint density at radius 3 is 2.42 bits per heavy atom. The summed E-state index contributed by atoms with van der Waals surface area (Å²) in [5, 5.41) is 14.4. The molecule has 170 valence electrons. The molecule has 1 aliphatic rings. The highest BCUT2D eigenvalue weighted by Crippen LogP contribution is 2.27. The van der Waals surface area contributed by atoms with Crippen LogP contribution in [0.3, 0.4) is 0 Å². The maximum Gasteiger partial charge on any atom is 0.255 e. The number of aliphatic hydroxyl groups is 1. The van der Waals surface area contributed by atoms with Crippen molar-refractivity contribution in [2.45, 2.75) is 32.4 Å². The molecule has 0 aliphatic carbocycles. The molecule has 1 aliphatic heterocycles. The van der Waals surface area contributed by atoms with Gasteiger partial charge in [0.05, 0.1) is 42.1 Å². The van der Waals surface area contributed by atoms with E-state index in [9.17, 15) is 18.4 Å². The van der Waals surface area contributed by atoms with Crippen molar-refractivity contribution in [3.8, 4) is 11.4 Å². The number of carbonyl (C=O) groups excluding carboxylic acids is 2. The third kappa shape index (κ3) is 4.88. The van der Waals surface area contributed by atoms with Gasteiger partial charge in [0.25, 0.3) is 5.91 Å². The molecule has 0 unspecified atom stereocenters. The van der Waals surface area contributed by atoms with Crippen molar-refractivity contribution in [3.05, 3.63) is 82.2 Å². The fraction of sp³-hybridized carbons (Fsp3) is 0.250. The SMILES string of the molecule is C[C@H](CO)NC(=O)Cc1ccc(Cc2nc(-c3c(F)cccc3F)nc3c2C(=O)NC3)cc1. The maximum atomic E-state index is 14.3. The van der Waals surface area contributed by atoms with Gasteiger partial charge in [-0.3, -0.25) is 9.59 Å². The minimum atomic E-state index is -0.781. The van der Waals surface area contributed by atoms with Crippen LogP contribution in [0.25, 0.3) is 11.4 Å². The Morgan fingerprint density at radius 2 is 1.76 bits per heavy atom. The second-order valence-corrected chi connectivity index (χ2v) is 7.92. The molecule has 9 heteroatoms. The lowest BCUT2D eigenvalue weighted by Gasteiger charge is -2.12. The van der Waals surface area contributed by atoms with Gasteiger partial charge in [0.2, 0.25) is 5.91 Å². The molecule has 0 radical (unpaired) electrons. The number of aromatic nitrogens is 2. The lowest BCUT2D eigenvalue weighted by atomic mass is 10.0. The number of nitrogens with one attached hydrogen (secondary N) is 2. The lowest BCUT2D eigenvalue weighted by Crippen LogP contribution is -2.35. The second-order valence-electron chi connectivity index (χ2n) is 7.92. The van der Waals surface area contributed by atoms with Gasteiger partial charge in [0.1, 0.15) is 11.6 Å². The Morgan fingerprint density at radius 1 is 1.09 bits per heavy atom. The fourth-order valence-electron chi connectivity index (χ4n) is 3.68. The van der Waals surface area contributed by atoms with E-state index in [2.05, 4.69) is 20.6 Å². The van der Waals surface area contributed by atoms with Crippen molar-refractivity contribution in [1.82, 2.24) is 20.6 Å². The Bertz CT molecular complexity index is 1190. The first-order valence-corrected chi connectivity index (χ1v) is 10.5. The average Bonchev–Trinajstić information content (AvgIpc) is 3.16. The van der Waals surface area contributed by atoms with Crippen LogP contribution in [0.1, 0.15) is 39.8 Å². The molecule has 0 fully saturated rings. The minimum Gasteiger partial charge on any atom is -0.394 e. The molecule has 2 heterocycles. The summed E-state index contributed by atoms with van der Waals surface area (Å²) < 4.78 is 28.6. The number of benzene rings is 2.